The Morgan fingerprint density at radius 1 is 1.14 bits per heavy atom. The van der Waals surface area contributed by atoms with E-state index in [1.165, 1.54) is 19.3 Å². The average Bonchev–Trinajstić information content (AvgIpc) is 2.52. The van der Waals surface area contributed by atoms with Crippen LogP contribution >= 0.6 is 0 Å². The number of piperidine rings is 1. The number of guanidine groups is 1. The molecule has 5 heteroatoms. The topological polar surface area (TPSA) is 56.7 Å². The highest BCUT2D eigenvalue weighted by Crippen LogP contribution is 2.08. The Hall–Kier alpha value is -1.26. The Balaban J connectivity index is 2.29. The fourth-order valence-corrected chi connectivity index (χ4v) is 2.62. The third-order valence-corrected chi connectivity index (χ3v) is 3.93. The van der Waals surface area contributed by atoms with Gasteiger partial charge in [0, 0.05) is 26.2 Å². The molecule has 0 aromatic heterocycles. The van der Waals surface area contributed by atoms with Crippen LogP contribution in [-0.2, 0) is 4.79 Å². The molecule has 5 nitrogen and oxygen atoms in total. The van der Waals surface area contributed by atoms with Gasteiger partial charge in [0.25, 0.3) is 0 Å². The molecule has 0 unspecified atom stereocenters. The van der Waals surface area contributed by atoms with Crippen LogP contribution in [0.5, 0.6) is 0 Å². The lowest BCUT2D eigenvalue weighted by Crippen LogP contribution is -2.40. The largest absolute Gasteiger partial charge is 0.357 e. The molecule has 0 bridgehead atoms. The van der Waals surface area contributed by atoms with Crippen LogP contribution in [0.1, 0.15) is 59.3 Å². The van der Waals surface area contributed by atoms with Crippen LogP contribution in [0.15, 0.2) is 4.99 Å². The predicted octanol–water partition coefficient (Wildman–Crippen LogP) is 2.38. The number of nitrogens with one attached hydrogen (secondary N) is 2. The van der Waals surface area contributed by atoms with E-state index >= 15 is 0 Å². The number of likely N-dealkylation sites (tertiary alicyclic amines) is 1. The molecule has 0 aromatic carbocycles. The summed E-state index contributed by atoms with van der Waals surface area (Å²) in [6, 6.07) is 0. The fraction of sp³-hybridized carbons (Fsp3) is 0.882. The van der Waals surface area contributed by atoms with E-state index in [0.29, 0.717) is 0 Å². The minimum atomic E-state index is 0.150. The first-order valence-electron chi connectivity index (χ1n) is 8.93. The van der Waals surface area contributed by atoms with Gasteiger partial charge in [-0.1, -0.05) is 26.7 Å². The summed E-state index contributed by atoms with van der Waals surface area (Å²) in [4.78, 5) is 18.5. The van der Waals surface area contributed by atoms with E-state index in [0.717, 1.165) is 57.3 Å². The Bertz CT molecular complexity index is 336. The van der Waals surface area contributed by atoms with Gasteiger partial charge in [0.2, 0.25) is 5.91 Å². The molecule has 0 atom stereocenters. The predicted molar refractivity (Wildman–Crippen MR) is 93.1 cm³/mol. The van der Waals surface area contributed by atoms with Crippen molar-refractivity contribution < 1.29 is 4.79 Å². The minimum absolute atomic E-state index is 0.150. The minimum Gasteiger partial charge on any atom is -0.357 e. The summed E-state index contributed by atoms with van der Waals surface area (Å²) in [5.74, 6) is 1.68. The van der Waals surface area contributed by atoms with Gasteiger partial charge in [-0.2, -0.15) is 0 Å². The highest BCUT2D eigenvalue weighted by Gasteiger charge is 2.15. The zero-order valence-electron chi connectivity index (χ0n) is 14.7. The summed E-state index contributed by atoms with van der Waals surface area (Å²) in [6.07, 6.45) is 7.14. The first-order chi connectivity index (χ1) is 10.6. The maximum absolute atomic E-state index is 12.1. The fourth-order valence-electron chi connectivity index (χ4n) is 2.62. The van der Waals surface area contributed by atoms with Gasteiger partial charge in [-0.15, -0.1) is 0 Å². The number of aliphatic imine (C=N–C) groups is 1. The molecule has 128 valence electrons. The van der Waals surface area contributed by atoms with Gasteiger partial charge in [-0.3, -0.25) is 4.79 Å². The molecular formula is C17H34N4O. The lowest BCUT2D eigenvalue weighted by molar-refractivity contribution is -0.130. The number of nitrogens with zero attached hydrogens (tertiary/aromatic N) is 2. The number of hydrogen-bond donors (Lipinski definition) is 2. The summed E-state index contributed by atoms with van der Waals surface area (Å²) in [7, 11) is 0. The maximum atomic E-state index is 12.1. The monoisotopic (exact) mass is 310 g/mol. The van der Waals surface area contributed by atoms with Crippen molar-refractivity contribution in [2.45, 2.75) is 59.3 Å². The van der Waals surface area contributed by atoms with Crippen LogP contribution < -0.4 is 10.6 Å². The van der Waals surface area contributed by atoms with E-state index in [9.17, 15) is 4.79 Å². The number of amides is 1. The molecule has 0 saturated carbocycles. The zero-order chi connectivity index (χ0) is 16.2. The molecule has 2 N–H and O–H groups in total. The summed E-state index contributed by atoms with van der Waals surface area (Å²) < 4.78 is 0. The quantitative estimate of drug-likeness (QED) is 0.411. The van der Waals surface area contributed by atoms with E-state index in [-0.39, 0.29) is 12.5 Å². The molecule has 1 fully saturated rings. The smallest absolute Gasteiger partial charge is 0.244 e. The molecule has 1 aliphatic heterocycles. The molecular weight excluding hydrogens is 276 g/mol. The van der Waals surface area contributed by atoms with E-state index in [4.69, 9.17) is 0 Å². The van der Waals surface area contributed by atoms with E-state index in [2.05, 4.69) is 29.5 Å². The van der Waals surface area contributed by atoms with Crippen molar-refractivity contribution in [1.29, 1.82) is 0 Å². The van der Waals surface area contributed by atoms with E-state index in [1.807, 2.05) is 11.8 Å². The van der Waals surface area contributed by atoms with Crippen molar-refractivity contribution in [2.24, 2.45) is 10.9 Å². The van der Waals surface area contributed by atoms with Gasteiger partial charge in [0.15, 0.2) is 5.96 Å². The first kappa shape index (κ1) is 18.8. The molecule has 0 aliphatic carbocycles. The van der Waals surface area contributed by atoms with Crippen LogP contribution in [-0.4, -0.2) is 49.5 Å². The van der Waals surface area contributed by atoms with E-state index < -0.39 is 0 Å². The molecule has 1 aliphatic rings. The molecule has 1 rings (SSSR count). The Morgan fingerprint density at radius 3 is 2.50 bits per heavy atom. The number of carbonyl (C=O) groups is 1. The van der Waals surface area contributed by atoms with Gasteiger partial charge in [-0.25, -0.2) is 4.99 Å². The molecule has 0 aromatic rings. The normalized spacial score (nSPS) is 16.0. The van der Waals surface area contributed by atoms with Gasteiger partial charge in [-0.05, 0) is 38.5 Å². The van der Waals surface area contributed by atoms with Gasteiger partial charge in [0.1, 0.15) is 6.54 Å². The second-order valence-electron chi connectivity index (χ2n) is 6.45. The second-order valence-corrected chi connectivity index (χ2v) is 6.45. The Morgan fingerprint density at radius 2 is 1.86 bits per heavy atom. The number of unbranched alkanes of at least 4 members (excludes halogenated alkanes) is 1. The summed E-state index contributed by atoms with van der Waals surface area (Å²) in [5, 5.41) is 6.53. The number of rotatable bonds is 8. The summed E-state index contributed by atoms with van der Waals surface area (Å²) in [6.45, 7) is 10.3. The SMILES string of the molecule is CCNC(=NCC(=O)N1CCCCC1)NCCCCC(C)C. The standard InChI is InChI=1S/C17H34N4O/c1-4-18-17(19-11-7-6-10-15(2)3)20-14-16(22)21-12-8-5-9-13-21/h15H,4-14H2,1-3H3,(H2,18,19,20). The lowest BCUT2D eigenvalue weighted by Gasteiger charge is -2.26. The molecule has 0 radical (unpaired) electrons. The Labute approximate surface area is 135 Å². The molecule has 0 spiro atoms. The maximum Gasteiger partial charge on any atom is 0.244 e. The van der Waals surface area contributed by atoms with Crippen molar-refractivity contribution >= 4 is 11.9 Å². The third-order valence-electron chi connectivity index (χ3n) is 3.93. The van der Waals surface area contributed by atoms with Crippen LogP contribution in [0.3, 0.4) is 0 Å². The van der Waals surface area contributed by atoms with Gasteiger partial charge in [0.05, 0.1) is 0 Å². The van der Waals surface area contributed by atoms with Crippen molar-refractivity contribution in [3.63, 3.8) is 0 Å². The second kappa shape index (κ2) is 11.3. The summed E-state index contributed by atoms with van der Waals surface area (Å²) >= 11 is 0. The summed E-state index contributed by atoms with van der Waals surface area (Å²) in [5.41, 5.74) is 0. The molecule has 22 heavy (non-hydrogen) atoms. The first-order valence-corrected chi connectivity index (χ1v) is 8.93. The molecule has 1 amide bonds. The van der Waals surface area contributed by atoms with Gasteiger partial charge >= 0.3 is 0 Å². The molecule has 1 heterocycles. The van der Waals surface area contributed by atoms with Crippen molar-refractivity contribution in [2.75, 3.05) is 32.7 Å². The average molecular weight is 310 g/mol. The highest BCUT2D eigenvalue weighted by molar-refractivity contribution is 5.84. The van der Waals surface area contributed by atoms with Crippen molar-refractivity contribution in [3.05, 3.63) is 0 Å². The zero-order valence-corrected chi connectivity index (χ0v) is 14.7. The van der Waals surface area contributed by atoms with E-state index in [1.54, 1.807) is 0 Å². The Kier molecular flexibility index (Phi) is 9.67. The van der Waals surface area contributed by atoms with Crippen LogP contribution in [0.2, 0.25) is 0 Å². The lowest BCUT2D eigenvalue weighted by atomic mass is 10.1. The van der Waals surface area contributed by atoms with Crippen molar-refractivity contribution in [1.82, 2.24) is 15.5 Å². The number of carbonyl (C=O) groups excluding carboxylic acids is 1. The molecule has 1 saturated heterocycles. The van der Waals surface area contributed by atoms with Crippen LogP contribution in [0.4, 0.5) is 0 Å². The van der Waals surface area contributed by atoms with Crippen LogP contribution in [0.25, 0.3) is 0 Å². The van der Waals surface area contributed by atoms with Crippen LogP contribution in [0, 0.1) is 5.92 Å². The number of hydrogen-bond acceptors (Lipinski definition) is 2. The third kappa shape index (κ3) is 8.25. The highest BCUT2D eigenvalue weighted by atomic mass is 16.2. The van der Waals surface area contributed by atoms with Crippen molar-refractivity contribution in [3.8, 4) is 0 Å². The van der Waals surface area contributed by atoms with Gasteiger partial charge < -0.3 is 15.5 Å².